The van der Waals surface area contributed by atoms with Gasteiger partial charge in [0, 0.05) is 56.0 Å². The first-order valence-corrected chi connectivity index (χ1v) is 12.4. The number of piperazine rings is 1. The maximum absolute atomic E-state index is 13.5. The molecule has 0 bridgehead atoms. The van der Waals surface area contributed by atoms with Gasteiger partial charge < -0.3 is 9.30 Å². The van der Waals surface area contributed by atoms with Gasteiger partial charge >= 0.3 is 0 Å². The third-order valence-corrected chi connectivity index (χ3v) is 7.44. The largest absolute Gasteiger partial charge is 0.367 e. The summed E-state index contributed by atoms with van der Waals surface area (Å²) in [4.78, 5) is 25.0. The molecule has 4 aliphatic rings. The van der Waals surface area contributed by atoms with Crippen LogP contribution in [0.1, 0.15) is 36.6 Å². The van der Waals surface area contributed by atoms with Crippen LogP contribution in [-0.2, 0) is 11.2 Å². The van der Waals surface area contributed by atoms with Crippen LogP contribution in [-0.4, -0.2) is 62.2 Å². The zero-order valence-corrected chi connectivity index (χ0v) is 19.9. The van der Waals surface area contributed by atoms with Crippen LogP contribution < -0.4 is 0 Å². The number of hydrogen-bond donors (Lipinski definition) is 0. The van der Waals surface area contributed by atoms with E-state index >= 15 is 0 Å². The van der Waals surface area contributed by atoms with Gasteiger partial charge in [-0.15, -0.1) is 0 Å². The van der Waals surface area contributed by atoms with Crippen LogP contribution >= 0.6 is 0 Å². The van der Waals surface area contributed by atoms with Crippen molar-refractivity contribution in [3.8, 4) is 0 Å². The molecule has 6 nitrogen and oxygen atoms in total. The van der Waals surface area contributed by atoms with Crippen molar-refractivity contribution in [2.24, 2.45) is 0 Å². The van der Waals surface area contributed by atoms with Crippen molar-refractivity contribution >= 4 is 17.1 Å². The lowest BCUT2D eigenvalue weighted by Gasteiger charge is -2.40. The highest BCUT2D eigenvalue weighted by Crippen LogP contribution is 2.29. The topological polar surface area (TPSA) is 44.1 Å². The Kier molecular flexibility index (Phi) is 5.26. The van der Waals surface area contributed by atoms with Gasteiger partial charge in [-0.05, 0) is 73.7 Å². The quantitative estimate of drug-likeness (QED) is 0.703. The molecule has 2 fully saturated rings. The number of hydrogen-bond acceptors (Lipinski definition) is 4. The number of aromatic nitrogens is 2. The second kappa shape index (κ2) is 8.44. The molecule has 0 saturated carbocycles. The lowest BCUT2D eigenvalue weighted by molar-refractivity contribution is -0.122. The number of aryl methyl sites for hydroxylation is 2. The second-order valence-corrected chi connectivity index (χ2v) is 9.64. The molecule has 6 heteroatoms. The standard InChI is InChI=1S/C28H31N5O/c1-3-21-14-23(17-32-16-20(2)29-28(21)32)22-6-4-7-24-9-10-26(19-33(24)27(34)15-22)31-13-12-30-11-5-8-25(30)18-31/h4,6-7,9-10,14-17,19,25H,3,5,8,11-13,18H2,1-2H3/b6-4+,22-15+,24-7+/t25-/m1/s1. The maximum atomic E-state index is 13.5. The number of carbonyl (C=O) groups is 1. The van der Waals surface area contributed by atoms with Gasteiger partial charge in [0.05, 0.1) is 11.4 Å². The summed E-state index contributed by atoms with van der Waals surface area (Å²) in [7, 11) is 0. The summed E-state index contributed by atoms with van der Waals surface area (Å²) in [5.41, 5.74) is 7.12. The number of rotatable bonds is 3. The second-order valence-electron chi connectivity index (χ2n) is 9.64. The Morgan fingerprint density at radius 2 is 1.97 bits per heavy atom. The van der Waals surface area contributed by atoms with Gasteiger partial charge in [0.15, 0.2) is 0 Å². The smallest absolute Gasteiger partial charge is 0.255 e. The van der Waals surface area contributed by atoms with Crippen LogP contribution in [0.3, 0.4) is 0 Å². The van der Waals surface area contributed by atoms with Crippen molar-refractivity contribution in [2.45, 2.75) is 39.2 Å². The first-order chi connectivity index (χ1) is 16.6. The van der Waals surface area contributed by atoms with Crippen LogP contribution in [0.4, 0.5) is 0 Å². The Morgan fingerprint density at radius 1 is 1.09 bits per heavy atom. The van der Waals surface area contributed by atoms with E-state index in [1.54, 1.807) is 11.0 Å². The molecule has 2 aromatic rings. The van der Waals surface area contributed by atoms with Gasteiger partial charge in [-0.2, -0.15) is 0 Å². The molecule has 0 aromatic carbocycles. The van der Waals surface area contributed by atoms with Gasteiger partial charge in [-0.3, -0.25) is 14.6 Å². The summed E-state index contributed by atoms with van der Waals surface area (Å²) >= 11 is 0. The van der Waals surface area contributed by atoms with Crippen molar-refractivity contribution in [3.63, 3.8) is 0 Å². The lowest BCUT2D eigenvalue weighted by Crippen LogP contribution is -2.49. The number of nitrogens with zero attached hydrogens (tertiary/aromatic N) is 5. The minimum atomic E-state index is -0.0214. The van der Waals surface area contributed by atoms with Crippen LogP contribution in [0, 0.1) is 6.92 Å². The van der Waals surface area contributed by atoms with E-state index in [2.05, 4.69) is 50.5 Å². The summed E-state index contributed by atoms with van der Waals surface area (Å²) in [5.74, 6) is -0.0214. The normalized spacial score (nSPS) is 26.8. The number of amides is 1. The molecular formula is C28H31N5O. The van der Waals surface area contributed by atoms with E-state index < -0.39 is 0 Å². The molecule has 34 heavy (non-hydrogen) atoms. The van der Waals surface area contributed by atoms with Gasteiger partial charge in [0.25, 0.3) is 5.91 Å². The SMILES string of the molecule is CCc1cc(C2=C\C(=O)N3C=C(N4CCN5CCC[C@@H]5C4)C=C\C3=C/C=C/2)cn2cc(C)nc12. The lowest BCUT2D eigenvalue weighted by atomic mass is 10.0. The van der Waals surface area contributed by atoms with E-state index in [9.17, 15) is 4.79 Å². The third-order valence-electron chi connectivity index (χ3n) is 7.44. The minimum Gasteiger partial charge on any atom is -0.367 e. The molecule has 0 spiro atoms. The molecule has 2 saturated heterocycles. The Hall–Kier alpha value is -3.38. The maximum Gasteiger partial charge on any atom is 0.255 e. The van der Waals surface area contributed by atoms with E-state index in [-0.39, 0.29) is 5.91 Å². The van der Waals surface area contributed by atoms with Crippen molar-refractivity contribution in [1.29, 1.82) is 0 Å². The van der Waals surface area contributed by atoms with E-state index in [4.69, 9.17) is 0 Å². The zero-order chi connectivity index (χ0) is 23.2. The first-order valence-electron chi connectivity index (χ1n) is 12.4. The highest BCUT2D eigenvalue weighted by molar-refractivity contribution is 6.00. The van der Waals surface area contributed by atoms with Crippen molar-refractivity contribution in [3.05, 3.63) is 89.3 Å². The molecule has 6 rings (SSSR count). The fraction of sp³-hybridized carbons (Fsp3) is 0.357. The Morgan fingerprint density at radius 3 is 2.85 bits per heavy atom. The molecule has 4 aliphatic heterocycles. The summed E-state index contributed by atoms with van der Waals surface area (Å²) in [5, 5.41) is 0. The van der Waals surface area contributed by atoms with Gasteiger partial charge in [-0.25, -0.2) is 4.98 Å². The third kappa shape index (κ3) is 3.72. The van der Waals surface area contributed by atoms with Crippen molar-refractivity contribution < 1.29 is 4.79 Å². The Labute approximate surface area is 200 Å². The van der Waals surface area contributed by atoms with Crippen LogP contribution in [0.15, 0.2) is 72.5 Å². The molecule has 2 aromatic heterocycles. The minimum absolute atomic E-state index is 0.0214. The van der Waals surface area contributed by atoms with E-state index in [0.29, 0.717) is 6.04 Å². The molecule has 0 unspecified atom stereocenters. The molecule has 0 aliphatic carbocycles. The van der Waals surface area contributed by atoms with E-state index in [0.717, 1.165) is 59.9 Å². The summed E-state index contributed by atoms with van der Waals surface area (Å²) in [6, 6.07) is 2.81. The molecule has 0 radical (unpaired) electrons. The number of allylic oxidation sites excluding steroid dienone is 6. The van der Waals surface area contributed by atoms with Gasteiger partial charge in [-0.1, -0.05) is 19.1 Å². The Bertz CT molecular complexity index is 1310. The summed E-state index contributed by atoms with van der Waals surface area (Å²) in [6.45, 7) is 8.55. The first kappa shape index (κ1) is 21.2. The molecule has 6 heterocycles. The molecular weight excluding hydrogens is 422 g/mol. The van der Waals surface area contributed by atoms with Crippen molar-refractivity contribution in [1.82, 2.24) is 24.1 Å². The Balaban J connectivity index is 1.32. The zero-order valence-electron chi connectivity index (χ0n) is 19.9. The van der Waals surface area contributed by atoms with Crippen LogP contribution in [0.2, 0.25) is 0 Å². The summed E-state index contributed by atoms with van der Waals surface area (Å²) in [6.07, 6.45) is 21.7. The number of carbonyl (C=O) groups excluding carboxylic acids is 1. The fourth-order valence-corrected chi connectivity index (χ4v) is 5.63. The number of pyridine rings is 1. The van der Waals surface area contributed by atoms with Crippen molar-refractivity contribution in [2.75, 3.05) is 26.2 Å². The predicted octanol–water partition coefficient (Wildman–Crippen LogP) is 4.06. The molecule has 0 N–H and O–H groups in total. The van der Waals surface area contributed by atoms with E-state index in [1.807, 2.05) is 37.5 Å². The van der Waals surface area contributed by atoms with Gasteiger partial charge in [0.1, 0.15) is 5.65 Å². The fourth-order valence-electron chi connectivity index (χ4n) is 5.63. The average molecular weight is 454 g/mol. The highest BCUT2D eigenvalue weighted by Gasteiger charge is 2.32. The highest BCUT2D eigenvalue weighted by atomic mass is 16.2. The predicted molar refractivity (Wildman–Crippen MR) is 135 cm³/mol. The van der Waals surface area contributed by atoms with Crippen LogP contribution in [0.25, 0.3) is 11.2 Å². The number of imidazole rings is 1. The molecule has 174 valence electrons. The number of fused-ring (bicyclic) bond motifs is 3. The van der Waals surface area contributed by atoms with E-state index in [1.165, 1.54) is 24.9 Å². The average Bonchev–Trinajstić information content (AvgIpc) is 3.46. The molecule has 1 atom stereocenters. The van der Waals surface area contributed by atoms with Gasteiger partial charge in [0.2, 0.25) is 0 Å². The summed E-state index contributed by atoms with van der Waals surface area (Å²) < 4.78 is 2.08. The van der Waals surface area contributed by atoms with Crippen LogP contribution in [0.5, 0.6) is 0 Å². The monoisotopic (exact) mass is 453 g/mol. The molecule has 1 amide bonds.